The Morgan fingerprint density at radius 3 is 2.67 bits per heavy atom. The minimum Gasteiger partial charge on any atom is -0.485 e. The Kier molecular flexibility index (Phi) is 7.62. The first-order chi connectivity index (χ1) is 16.1. The summed E-state index contributed by atoms with van der Waals surface area (Å²) in [6.07, 6.45) is 4.39. The van der Waals surface area contributed by atoms with Crippen LogP contribution in [-0.4, -0.2) is 48.5 Å². The van der Waals surface area contributed by atoms with Gasteiger partial charge in [-0.1, -0.05) is 18.2 Å². The van der Waals surface area contributed by atoms with Crippen LogP contribution in [0.25, 0.3) is 0 Å². The second-order valence-electron chi connectivity index (χ2n) is 8.56. The average Bonchev–Trinajstić information content (AvgIpc) is 3.32. The number of fused-ring (bicyclic) bond motifs is 1. The second kappa shape index (κ2) is 10.8. The third kappa shape index (κ3) is 5.54. The number of nitrogens with zero attached hydrogens (tertiary/aromatic N) is 3. The number of nitrogens with one attached hydrogen (secondary N) is 1. The van der Waals surface area contributed by atoms with Crippen LogP contribution in [-0.2, 0) is 6.54 Å². The third-order valence-corrected chi connectivity index (χ3v) is 6.92. The van der Waals surface area contributed by atoms with E-state index in [1.807, 2.05) is 30.1 Å². The number of hydrogen-bond donors (Lipinski definition) is 1. The molecule has 6 nitrogen and oxygen atoms in total. The summed E-state index contributed by atoms with van der Waals surface area (Å²) in [5.74, 6) is 0.877. The maximum Gasteiger partial charge on any atom is 0.257 e. The zero-order chi connectivity index (χ0) is 23.2. The Morgan fingerprint density at radius 1 is 1.15 bits per heavy atom. The molecule has 0 radical (unpaired) electrons. The Balaban J connectivity index is 1.46. The van der Waals surface area contributed by atoms with Crippen LogP contribution in [0.5, 0.6) is 5.75 Å². The van der Waals surface area contributed by atoms with Crippen molar-refractivity contribution in [3.63, 3.8) is 0 Å². The van der Waals surface area contributed by atoms with Gasteiger partial charge < -0.3 is 19.9 Å². The summed E-state index contributed by atoms with van der Waals surface area (Å²) >= 11 is 1.72. The minimum absolute atomic E-state index is 0.0292. The van der Waals surface area contributed by atoms with Gasteiger partial charge >= 0.3 is 0 Å². The highest BCUT2D eigenvalue weighted by molar-refractivity contribution is 7.10. The van der Waals surface area contributed by atoms with Gasteiger partial charge in [0.2, 0.25) is 0 Å². The quantitative estimate of drug-likeness (QED) is 0.496. The van der Waals surface area contributed by atoms with E-state index < -0.39 is 0 Å². The molecule has 4 rings (SSSR count). The second-order valence-corrected chi connectivity index (χ2v) is 9.54. The average molecular weight is 465 g/mol. The molecule has 1 aromatic carbocycles. The predicted octanol–water partition coefficient (Wildman–Crippen LogP) is 4.74. The molecular weight excluding hydrogens is 432 g/mol. The SMILES string of the molecule is CNCC[C@H](Oc1ccc(CN2CCN(C(C)C)c3ccncc3C2=O)cc1)c1cccs1. The van der Waals surface area contributed by atoms with Crippen LogP contribution in [0.4, 0.5) is 5.69 Å². The van der Waals surface area contributed by atoms with E-state index in [1.54, 1.807) is 23.7 Å². The van der Waals surface area contributed by atoms with Gasteiger partial charge in [-0.25, -0.2) is 0 Å². The van der Waals surface area contributed by atoms with Gasteiger partial charge in [0.25, 0.3) is 5.91 Å². The molecule has 0 aliphatic carbocycles. The fourth-order valence-corrected chi connectivity index (χ4v) is 4.97. The molecule has 0 fully saturated rings. The number of benzene rings is 1. The van der Waals surface area contributed by atoms with Crippen molar-refractivity contribution in [2.45, 2.75) is 39.0 Å². The molecule has 0 saturated heterocycles. The van der Waals surface area contributed by atoms with Gasteiger partial charge in [0, 0.05) is 49.4 Å². The number of rotatable bonds is 9. The number of ether oxygens (including phenoxy) is 1. The molecule has 7 heteroatoms. The lowest BCUT2D eigenvalue weighted by molar-refractivity contribution is 0.0754. The molecule has 1 aliphatic heterocycles. The van der Waals surface area contributed by atoms with Gasteiger partial charge in [-0.3, -0.25) is 9.78 Å². The zero-order valence-electron chi connectivity index (χ0n) is 19.5. The normalized spacial score (nSPS) is 14.8. The number of amides is 1. The molecule has 1 N–H and O–H groups in total. The molecule has 174 valence electrons. The van der Waals surface area contributed by atoms with E-state index in [4.69, 9.17) is 4.74 Å². The summed E-state index contributed by atoms with van der Waals surface area (Å²) in [5, 5.41) is 5.29. The van der Waals surface area contributed by atoms with Gasteiger partial charge in [-0.15, -0.1) is 11.3 Å². The Morgan fingerprint density at radius 2 is 1.97 bits per heavy atom. The molecule has 0 unspecified atom stereocenters. The molecule has 1 atom stereocenters. The highest BCUT2D eigenvalue weighted by atomic mass is 32.1. The van der Waals surface area contributed by atoms with Crippen molar-refractivity contribution < 1.29 is 9.53 Å². The highest BCUT2D eigenvalue weighted by Gasteiger charge is 2.27. The zero-order valence-corrected chi connectivity index (χ0v) is 20.3. The van der Waals surface area contributed by atoms with E-state index >= 15 is 0 Å². The number of pyridine rings is 1. The van der Waals surface area contributed by atoms with Crippen molar-refractivity contribution in [1.82, 2.24) is 15.2 Å². The van der Waals surface area contributed by atoms with E-state index in [0.717, 1.165) is 36.5 Å². The summed E-state index contributed by atoms with van der Waals surface area (Å²) in [4.78, 5) is 22.9. The van der Waals surface area contributed by atoms with Gasteiger partial charge in [0.15, 0.2) is 0 Å². The molecular formula is C26H32N4O2S. The summed E-state index contributed by atoms with van der Waals surface area (Å²) in [6, 6.07) is 14.6. The Hall–Kier alpha value is -2.90. The number of thiophene rings is 1. The first-order valence-electron chi connectivity index (χ1n) is 11.5. The molecule has 3 heterocycles. The third-order valence-electron chi connectivity index (χ3n) is 5.95. The number of carbonyl (C=O) groups excluding carboxylic acids is 1. The minimum atomic E-state index is 0.0292. The number of carbonyl (C=O) groups is 1. The van der Waals surface area contributed by atoms with E-state index in [-0.39, 0.29) is 12.0 Å². The summed E-state index contributed by atoms with van der Waals surface area (Å²) < 4.78 is 6.31. The Bertz CT molecular complexity index is 1040. The van der Waals surface area contributed by atoms with Crippen LogP contribution in [0, 0.1) is 0 Å². The first-order valence-corrected chi connectivity index (χ1v) is 12.4. The Labute approximate surface area is 200 Å². The van der Waals surface area contributed by atoms with Crippen LogP contribution in [0.2, 0.25) is 0 Å². The summed E-state index contributed by atoms with van der Waals surface area (Å²) in [6.45, 7) is 7.24. The topological polar surface area (TPSA) is 57.7 Å². The molecule has 0 spiro atoms. The smallest absolute Gasteiger partial charge is 0.257 e. The number of anilines is 1. The number of aromatic nitrogens is 1. The summed E-state index contributed by atoms with van der Waals surface area (Å²) in [7, 11) is 1.96. The highest BCUT2D eigenvalue weighted by Crippen LogP contribution is 2.29. The molecule has 1 aliphatic rings. The van der Waals surface area contributed by atoms with Crippen LogP contribution < -0.4 is 15.0 Å². The standard InChI is InChI=1S/C26H32N4O2S/c1-19(2)30-15-14-29(26(31)22-17-28-13-10-23(22)30)18-20-6-8-21(9-7-20)32-24(11-12-27-3)25-5-4-16-33-25/h4-10,13,16-17,19,24,27H,11-12,14-15,18H2,1-3H3/t24-/m0/s1. The van der Waals surface area contributed by atoms with E-state index in [1.165, 1.54) is 4.88 Å². The van der Waals surface area contributed by atoms with Crippen LogP contribution in [0.15, 0.2) is 60.2 Å². The fraction of sp³-hybridized carbons (Fsp3) is 0.385. The van der Waals surface area contributed by atoms with Gasteiger partial charge in [-0.2, -0.15) is 0 Å². The van der Waals surface area contributed by atoms with Crippen molar-refractivity contribution in [2.24, 2.45) is 0 Å². The lowest BCUT2D eigenvalue weighted by atomic mass is 10.1. The van der Waals surface area contributed by atoms with Gasteiger partial charge in [0.05, 0.1) is 11.3 Å². The summed E-state index contributed by atoms with van der Waals surface area (Å²) in [5.41, 5.74) is 2.73. The van der Waals surface area contributed by atoms with Crippen molar-refractivity contribution in [3.05, 3.63) is 76.2 Å². The van der Waals surface area contributed by atoms with Crippen LogP contribution in [0.1, 0.15) is 47.2 Å². The molecule has 0 saturated carbocycles. The van der Waals surface area contributed by atoms with Crippen molar-refractivity contribution >= 4 is 22.9 Å². The molecule has 0 bridgehead atoms. The van der Waals surface area contributed by atoms with Crippen LogP contribution in [0.3, 0.4) is 0 Å². The lowest BCUT2D eigenvalue weighted by Crippen LogP contribution is -2.37. The van der Waals surface area contributed by atoms with Crippen LogP contribution >= 0.6 is 11.3 Å². The van der Waals surface area contributed by atoms with Crippen molar-refractivity contribution in [2.75, 3.05) is 31.6 Å². The van der Waals surface area contributed by atoms with Gasteiger partial charge in [0.1, 0.15) is 11.9 Å². The van der Waals surface area contributed by atoms with E-state index in [9.17, 15) is 4.79 Å². The van der Waals surface area contributed by atoms with Gasteiger partial charge in [-0.05, 0) is 62.6 Å². The fourth-order valence-electron chi connectivity index (χ4n) is 4.18. The van der Waals surface area contributed by atoms with E-state index in [0.29, 0.717) is 24.7 Å². The largest absolute Gasteiger partial charge is 0.485 e. The van der Waals surface area contributed by atoms with Crippen molar-refractivity contribution in [1.29, 1.82) is 0 Å². The maximum absolute atomic E-state index is 13.3. The molecule has 1 amide bonds. The predicted molar refractivity (Wildman–Crippen MR) is 134 cm³/mol. The molecule has 33 heavy (non-hydrogen) atoms. The van der Waals surface area contributed by atoms with Crippen molar-refractivity contribution in [3.8, 4) is 5.75 Å². The lowest BCUT2D eigenvalue weighted by Gasteiger charge is -2.28. The van der Waals surface area contributed by atoms with E-state index in [2.05, 4.69) is 58.7 Å². The molecule has 3 aromatic rings. The maximum atomic E-state index is 13.3. The monoisotopic (exact) mass is 464 g/mol. The first kappa shape index (κ1) is 23.3. The number of hydrogen-bond acceptors (Lipinski definition) is 6. The molecule has 2 aromatic heterocycles.